The van der Waals surface area contributed by atoms with Crippen LogP contribution in [0, 0.1) is 0 Å². The maximum Gasteiger partial charge on any atom is 0.191 e. The summed E-state index contributed by atoms with van der Waals surface area (Å²) in [6, 6.07) is 1.32. The minimum atomic E-state index is 0.541. The Morgan fingerprint density at radius 2 is 1.88 bits per heavy atom. The number of guanidine groups is 1. The number of piperidine rings is 1. The van der Waals surface area contributed by atoms with Crippen LogP contribution in [0.25, 0.3) is 0 Å². The van der Waals surface area contributed by atoms with E-state index >= 15 is 0 Å². The second kappa shape index (κ2) is 11.0. The summed E-state index contributed by atoms with van der Waals surface area (Å²) in [5.74, 6) is 0.936. The summed E-state index contributed by atoms with van der Waals surface area (Å²) in [7, 11) is 4.07. The van der Waals surface area contributed by atoms with Gasteiger partial charge in [0, 0.05) is 64.9 Å². The standard InChI is InChI=1S/C19H40N6/c1-5-18-8-6-7-10-25(18)11-9-21-19(20-3)22-16-17(2)24-14-12-23(4)13-15-24/h17-18H,5-16H2,1-4H3,(H2,20,21,22). The fourth-order valence-electron chi connectivity index (χ4n) is 3.99. The van der Waals surface area contributed by atoms with Gasteiger partial charge >= 0.3 is 0 Å². The molecule has 0 radical (unpaired) electrons. The Balaban J connectivity index is 1.64. The highest BCUT2D eigenvalue weighted by molar-refractivity contribution is 5.79. The van der Waals surface area contributed by atoms with Crippen molar-refractivity contribution >= 4 is 5.96 Å². The Bertz CT molecular complexity index is 391. The zero-order valence-electron chi connectivity index (χ0n) is 16.9. The molecule has 2 atom stereocenters. The van der Waals surface area contributed by atoms with Crippen molar-refractivity contribution in [3.05, 3.63) is 0 Å². The molecule has 0 bridgehead atoms. The second-order valence-corrected chi connectivity index (χ2v) is 7.66. The molecule has 0 amide bonds. The highest BCUT2D eigenvalue weighted by atomic mass is 15.3. The number of rotatable bonds is 7. The Morgan fingerprint density at radius 3 is 2.56 bits per heavy atom. The van der Waals surface area contributed by atoms with Crippen LogP contribution in [0.2, 0.25) is 0 Å². The molecule has 2 saturated heterocycles. The average Bonchev–Trinajstić information content (AvgIpc) is 2.65. The molecule has 2 unspecified atom stereocenters. The Morgan fingerprint density at radius 1 is 1.12 bits per heavy atom. The topological polar surface area (TPSA) is 46.1 Å². The highest BCUT2D eigenvalue weighted by Gasteiger charge is 2.21. The quantitative estimate of drug-likeness (QED) is 0.530. The van der Waals surface area contributed by atoms with Gasteiger partial charge in [-0.3, -0.25) is 14.8 Å². The van der Waals surface area contributed by atoms with Gasteiger partial charge in [-0.1, -0.05) is 13.3 Å². The van der Waals surface area contributed by atoms with Crippen LogP contribution in [0.15, 0.2) is 4.99 Å². The van der Waals surface area contributed by atoms with Crippen molar-refractivity contribution < 1.29 is 0 Å². The van der Waals surface area contributed by atoms with Gasteiger partial charge in [-0.15, -0.1) is 0 Å². The maximum atomic E-state index is 4.39. The van der Waals surface area contributed by atoms with Crippen LogP contribution in [0.4, 0.5) is 0 Å². The molecule has 0 saturated carbocycles. The number of likely N-dealkylation sites (tertiary alicyclic amines) is 1. The van der Waals surface area contributed by atoms with Gasteiger partial charge in [0.25, 0.3) is 0 Å². The second-order valence-electron chi connectivity index (χ2n) is 7.66. The average molecular weight is 353 g/mol. The van der Waals surface area contributed by atoms with E-state index in [-0.39, 0.29) is 0 Å². The predicted molar refractivity (Wildman–Crippen MR) is 107 cm³/mol. The molecule has 0 spiro atoms. The number of aliphatic imine (C=N–C) groups is 1. The molecule has 25 heavy (non-hydrogen) atoms. The summed E-state index contributed by atoms with van der Waals surface area (Å²) < 4.78 is 0. The van der Waals surface area contributed by atoms with Crippen molar-refractivity contribution in [2.45, 2.75) is 51.6 Å². The van der Waals surface area contributed by atoms with Crippen LogP contribution in [0.1, 0.15) is 39.5 Å². The molecular weight excluding hydrogens is 312 g/mol. The monoisotopic (exact) mass is 352 g/mol. The zero-order valence-corrected chi connectivity index (χ0v) is 16.9. The minimum Gasteiger partial charge on any atom is -0.355 e. The van der Waals surface area contributed by atoms with E-state index in [0.717, 1.165) is 31.6 Å². The molecule has 2 fully saturated rings. The Kier molecular flexibility index (Phi) is 8.99. The van der Waals surface area contributed by atoms with Crippen molar-refractivity contribution in [1.29, 1.82) is 0 Å². The van der Waals surface area contributed by atoms with Gasteiger partial charge in [0.15, 0.2) is 5.96 Å². The molecule has 0 aromatic rings. The molecule has 0 aromatic heterocycles. The van der Waals surface area contributed by atoms with E-state index in [1.165, 1.54) is 58.4 Å². The summed E-state index contributed by atoms with van der Waals surface area (Å²) in [5.41, 5.74) is 0. The molecule has 146 valence electrons. The molecule has 0 aliphatic carbocycles. The lowest BCUT2D eigenvalue weighted by atomic mass is 10.0. The lowest BCUT2D eigenvalue weighted by Crippen LogP contribution is -2.52. The van der Waals surface area contributed by atoms with Gasteiger partial charge in [0.05, 0.1) is 0 Å². The van der Waals surface area contributed by atoms with E-state index in [1.54, 1.807) is 0 Å². The fourth-order valence-corrected chi connectivity index (χ4v) is 3.99. The van der Waals surface area contributed by atoms with Gasteiger partial charge < -0.3 is 15.5 Å². The van der Waals surface area contributed by atoms with Gasteiger partial charge in [-0.25, -0.2) is 0 Å². The zero-order chi connectivity index (χ0) is 18.1. The van der Waals surface area contributed by atoms with Crippen molar-refractivity contribution in [2.24, 2.45) is 4.99 Å². The molecule has 6 nitrogen and oxygen atoms in total. The first-order valence-electron chi connectivity index (χ1n) is 10.2. The summed E-state index contributed by atoms with van der Waals surface area (Å²) in [4.78, 5) is 12.0. The van der Waals surface area contributed by atoms with Crippen LogP contribution in [0.5, 0.6) is 0 Å². The number of piperazine rings is 1. The lowest BCUT2D eigenvalue weighted by molar-refractivity contribution is 0.120. The van der Waals surface area contributed by atoms with Crippen LogP contribution in [-0.2, 0) is 0 Å². The molecule has 2 aliphatic heterocycles. The van der Waals surface area contributed by atoms with E-state index in [1.807, 2.05) is 7.05 Å². The number of nitrogens with one attached hydrogen (secondary N) is 2. The van der Waals surface area contributed by atoms with E-state index in [9.17, 15) is 0 Å². The van der Waals surface area contributed by atoms with E-state index in [2.05, 4.69) is 51.2 Å². The van der Waals surface area contributed by atoms with Crippen LogP contribution in [0.3, 0.4) is 0 Å². The van der Waals surface area contributed by atoms with Crippen LogP contribution < -0.4 is 10.6 Å². The van der Waals surface area contributed by atoms with Crippen LogP contribution >= 0.6 is 0 Å². The first-order valence-corrected chi connectivity index (χ1v) is 10.2. The third-order valence-electron chi connectivity index (χ3n) is 5.86. The summed E-state index contributed by atoms with van der Waals surface area (Å²) >= 11 is 0. The molecule has 2 aliphatic rings. The third kappa shape index (κ3) is 6.76. The van der Waals surface area contributed by atoms with Gasteiger partial charge in [-0.2, -0.15) is 0 Å². The SMILES string of the molecule is CCC1CCCCN1CCNC(=NC)NCC(C)N1CCN(C)CC1. The summed E-state index contributed by atoms with van der Waals surface area (Å²) in [6.07, 6.45) is 5.39. The molecule has 2 heterocycles. The minimum absolute atomic E-state index is 0.541. The summed E-state index contributed by atoms with van der Waals surface area (Å²) in [6.45, 7) is 13.6. The van der Waals surface area contributed by atoms with Gasteiger partial charge in [-0.05, 0) is 39.8 Å². The normalized spacial score (nSPS) is 25.8. The Hall–Kier alpha value is -0.850. The highest BCUT2D eigenvalue weighted by Crippen LogP contribution is 2.18. The van der Waals surface area contributed by atoms with Crippen molar-refractivity contribution in [1.82, 2.24) is 25.3 Å². The number of hydrogen-bond acceptors (Lipinski definition) is 4. The van der Waals surface area contributed by atoms with E-state index in [4.69, 9.17) is 0 Å². The van der Waals surface area contributed by atoms with E-state index in [0.29, 0.717) is 6.04 Å². The number of nitrogens with zero attached hydrogens (tertiary/aromatic N) is 4. The number of hydrogen-bond donors (Lipinski definition) is 2. The number of likely N-dealkylation sites (N-methyl/N-ethyl adjacent to an activating group) is 1. The molecule has 2 rings (SSSR count). The Labute approximate surface area is 155 Å². The molecule has 2 N–H and O–H groups in total. The smallest absolute Gasteiger partial charge is 0.191 e. The predicted octanol–water partition coefficient (Wildman–Crippen LogP) is 1.05. The third-order valence-corrected chi connectivity index (χ3v) is 5.86. The van der Waals surface area contributed by atoms with Gasteiger partial charge in [0.1, 0.15) is 0 Å². The van der Waals surface area contributed by atoms with Crippen molar-refractivity contribution in [2.75, 3.05) is 66.5 Å². The van der Waals surface area contributed by atoms with Crippen LogP contribution in [-0.4, -0.2) is 99.2 Å². The lowest BCUT2D eigenvalue weighted by Gasteiger charge is -2.36. The van der Waals surface area contributed by atoms with Gasteiger partial charge in [0.2, 0.25) is 0 Å². The van der Waals surface area contributed by atoms with Crippen molar-refractivity contribution in [3.63, 3.8) is 0 Å². The van der Waals surface area contributed by atoms with E-state index < -0.39 is 0 Å². The molecular formula is C19H40N6. The first-order chi connectivity index (χ1) is 12.1. The first kappa shape index (κ1) is 20.5. The fraction of sp³-hybridized carbons (Fsp3) is 0.947. The largest absolute Gasteiger partial charge is 0.355 e. The molecule has 6 heteroatoms. The maximum absolute atomic E-state index is 4.39. The summed E-state index contributed by atoms with van der Waals surface area (Å²) in [5, 5.41) is 7.00. The van der Waals surface area contributed by atoms with Crippen molar-refractivity contribution in [3.8, 4) is 0 Å². The molecule has 0 aromatic carbocycles.